The van der Waals surface area contributed by atoms with Crippen molar-refractivity contribution in [1.82, 2.24) is 0 Å². The van der Waals surface area contributed by atoms with Gasteiger partial charge in [0.25, 0.3) is 0 Å². The third-order valence-corrected chi connectivity index (χ3v) is 2.95. The molecule has 2 aromatic rings. The summed E-state index contributed by atoms with van der Waals surface area (Å²) in [6, 6.07) is 12.3. The molecule has 0 heterocycles. The van der Waals surface area contributed by atoms with Gasteiger partial charge in [0.2, 0.25) is 0 Å². The second-order valence-corrected chi connectivity index (χ2v) is 4.11. The molecule has 0 bridgehead atoms. The van der Waals surface area contributed by atoms with Gasteiger partial charge in [-0.2, -0.15) is 0 Å². The van der Waals surface area contributed by atoms with Gasteiger partial charge in [0.05, 0.1) is 15.8 Å². The number of anilines is 3. The molecule has 0 fully saturated rings. The Balaban J connectivity index is 2.38. The molecule has 0 aliphatic heterocycles. The van der Waals surface area contributed by atoms with E-state index in [1.165, 1.54) is 12.1 Å². The molecule has 0 saturated heterocycles. The summed E-state index contributed by atoms with van der Waals surface area (Å²) in [4.78, 5) is 0. The van der Waals surface area contributed by atoms with Crippen LogP contribution >= 0.6 is 15.9 Å². The number of nitrogens with one attached hydrogen (secondary N) is 1. The number of halogens is 2. The Hall–Kier alpha value is -1.55. The zero-order valence-electron chi connectivity index (χ0n) is 8.37. The molecular formula is C12H10BrFN2. The lowest BCUT2D eigenvalue weighted by Crippen LogP contribution is -1.98. The minimum atomic E-state index is -0.340. The number of hydrogen-bond donors (Lipinski definition) is 2. The Morgan fingerprint density at radius 1 is 1.06 bits per heavy atom. The largest absolute Gasteiger partial charge is 0.397 e. The van der Waals surface area contributed by atoms with Crippen LogP contribution in [-0.2, 0) is 0 Å². The van der Waals surface area contributed by atoms with Crippen LogP contribution in [0.3, 0.4) is 0 Å². The third kappa shape index (κ3) is 2.17. The quantitative estimate of drug-likeness (QED) is 0.819. The molecule has 0 unspecified atom stereocenters. The third-order valence-electron chi connectivity index (χ3n) is 2.17. The fourth-order valence-corrected chi connectivity index (χ4v) is 1.82. The summed E-state index contributed by atoms with van der Waals surface area (Å²) in [5.74, 6) is -0.340. The molecule has 0 aliphatic rings. The van der Waals surface area contributed by atoms with E-state index < -0.39 is 0 Å². The molecule has 82 valence electrons. The average Bonchev–Trinajstić information content (AvgIpc) is 2.31. The fourth-order valence-electron chi connectivity index (χ4n) is 1.36. The Labute approximate surface area is 101 Å². The minimum Gasteiger partial charge on any atom is -0.397 e. The number of para-hydroxylation sites is 1. The predicted octanol–water partition coefficient (Wildman–Crippen LogP) is 3.91. The molecule has 3 N–H and O–H groups in total. The molecule has 0 saturated carbocycles. The molecule has 2 aromatic carbocycles. The van der Waals surface area contributed by atoms with Crippen LogP contribution in [0.5, 0.6) is 0 Å². The monoisotopic (exact) mass is 280 g/mol. The first-order valence-electron chi connectivity index (χ1n) is 4.74. The molecule has 0 amide bonds. The van der Waals surface area contributed by atoms with Crippen molar-refractivity contribution in [2.75, 3.05) is 11.1 Å². The summed E-state index contributed by atoms with van der Waals surface area (Å²) in [6.45, 7) is 0. The maximum Gasteiger partial charge on any atom is 0.139 e. The first-order valence-corrected chi connectivity index (χ1v) is 5.53. The SMILES string of the molecule is Nc1ccc(F)c(Br)c1Nc1ccccc1. The van der Waals surface area contributed by atoms with E-state index >= 15 is 0 Å². The van der Waals surface area contributed by atoms with Gasteiger partial charge in [0.15, 0.2) is 0 Å². The first kappa shape index (κ1) is 11.0. The second kappa shape index (κ2) is 4.53. The van der Waals surface area contributed by atoms with Crippen LogP contribution < -0.4 is 11.1 Å². The van der Waals surface area contributed by atoms with Gasteiger partial charge in [0, 0.05) is 5.69 Å². The van der Waals surface area contributed by atoms with Crippen LogP contribution in [0.2, 0.25) is 0 Å². The van der Waals surface area contributed by atoms with Crippen molar-refractivity contribution in [2.45, 2.75) is 0 Å². The molecule has 0 spiro atoms. The van der Waals surface area contributed by atoms with Crippen molar-refractivity contribution >= 4 is 33.0 Å². The number of nitrogen functional groups attached to an aromatic ring is 1. The van der Waals surface area contributed by atoms with E-state index in [0.717, 1.165) is 5.69 Å². The highest BCUT2D eigenvalue weighted by Gasteiger charge is 2.09. The van der Waals surface area contributed by atoms with Crippen molar-refractivity contribution in [3.8, 4) is 0 Å². The minimum absolute atomic E-state index is 0.340. The van der Waals surface area contributed by atoms with Gasteiger partial charge in [-0.05, 0) is 40.2 Å². The average molecular weight is 281 g/mol. The zero-order chi connectivity index (χ0) is 11.5. The highest BCUT2D eigenvalue weighted by Crippen LogP contribution is 2.33. The van der Waals surface area contributed by atoms with Crippen LogP contribution in [0.1, 0.15) is 0 Å². The summed E-state index contributed by atoms with van der Waals surface area (Å²) in [6.07, 6.45) is 0. The number of benzene rings is 2. The van der Waals surface area contributed by atoms with Crippen molar-refractivity contribution < 1.29 is 4.39 Å². The van der Waals surface area contributed by atoms with Crippen molar-refractivity contribution in [3.05, 3.63) is 52.8 Å². The Morgan fingerprint density at radius 2 is 1.75 bits per heavy atom. The topological polar surface area (TPSA) is 38.0 Å². The van der Waals surface area contributed by atoms with Crippen molar-refractivity contribution in [1.29, 1.82) is 0 Å². The Bertz CT molecular complexity index is 500. The van der Waals surface area contributed by atoms with Crippen LogP contribution in [0, 0.1) is 5.82 Å². The van der Waals surface area contributed by atoms with Crippen LogP contribution in [0.4, 0.5) is 21.5 Å². The van der Waals surface area contributed by atoms with Crippen molar-refractivity contribution in [3.63, 3.8) is 0 Å². The highest BCUT2D eigenvalue weighted by molar-refractivity contribution is 9.10. The first-order chi connectivity index (χ1) is 7.68. The van der Waals surface area contributed by atoms with Crippen LogP contribution in [-0.4, -0.2) is 0 Å². The molecule has 2 nitrogen and oxygen atoms in total. The molecule has 0 aromatic heterocycles. The van der Waals surface area contributed by atoms with Gasteiger partial charge in [0.1, 0.15) is 5.82 Å². The van der Waals surface area contributed by atoms with E-state index in [4.69, 9.17) is 5.73 Å². The number of nitrogens with two attached hydrogens (primary N) is 1. The Kier molecular flexibility index (Phi) is 3.10. The molecular weight excluding hydrogens is 271 g/mol. The number of rotatable bonds is 2. The normalized spacial score (nSPS) is 10.1. The van der Waals surface area contributed by atoms with E-state index in [2.05, 4.69) is 21.2 Å². The van der Waals surface area contributed by atoms with E-state index in [9.17, 15) is 4.39 Å². The summed E-state index contributed by atoms with van der Waals surface area (Å²) in [7, 11) is 0. The van der Waals surface area contributed by atoms with E-state index in [-0.39, 0.29) is 5.82 Å². The molecule has 0 atom stereocenters. The smallest absolute Gasteiger partial charge is 0.139 e. The van der Waals surface area contributed by atoms with Crippen LogP contribution in [0.25, 0.3) is 0 Å². The molecule has 16 heavy (non-hydrogen) atoms. The van der Waals surface area contributed by atoms with Crippen molar-refractivity contribution in [2.24, 2.45) is 0 Å². The second-order valence-electron chi connectivity index (χ2n) is 3.32. The summed E-state index contributed by atoms with van der Waals surface area (Å²) < 4.78 is 13.7. The summed E-state index contributed by atoms with van der Waals surface area (Å²) in [5.41, 5.74) is 7.69. The molecule has 0 radical (unpaired) electrons. The van der Waals surface area contributed by atoms with E-state index in [0.29, 0.717) is 15.8 Å². The van der Waals surface area contributed by atoms with Gasteiger partial charge < -0.3 is 11.1 Å². The molecule has 2 rings (SSSR count). The van der Waals surface area contributed by atoms with Gasteiger partial charge in [-0.25, -0.2) is 4.39 Å². The maximum atomic E-state index is 13.3. The zero-order valence-corrected chi connectivity index (χ0v) is 9.96. The van der Waals surface area contributed by atoms with E-state index in [1.54, 1.807) is 0 Å². The standard InChI is InChI=1S/C12H10BrFN2/c13-11-9(14)6-7-10(15)12(11)16-8-4-2-1-3-5-8/h1-7,16H,15H2. The number of hydrogen-bond acceptors (Lipinski definition) is 2. The lowest BCUT2D eigenvalue weighted by Gasteiger charge is -2.11. The van der Waals surface area contributed by atoms with Gasteiger partial charge in [-0.1, -0.05) is 18.2 Å². The Morgan fingerprint density at radius 3 is 2.44 bits per heavy atom. The van der Waals surface area contributed by atoms with Gasteiger partial charge in [-0.15, -0.1) is 0 Å². The van der Waals surface area contributed by atoms with Crippen LogP contribution in [0.15, 0.2) is 46.9 Å². The molecule has 4 heteroatoms. The van der Waals surface area contributed by atoms with Gasteiger partial charge >= 0.3 is 0 Å². The highest BCUT2D eigenvalue weighted by atomic mass is 79.9. The summed E-state index contributed by atoms with van der Waals surface area (Å²) in [5, 5.41) is 3.07. The lowest BCUT2D eigenvalue weighted by atomic mass is 10.2. The predicted molar refractivity (Wildman–Crippen MR) is 68.2 cm³/mol. The summed E-state index contributed by atoms with van der Waals surface area (Å²) >= 11 is 3.17. The van der Waals surface area contributed by atoms with Gasteiger partial charge in [-0.3, -0.25) is 0 Å². The van der Waals surface area contributed by atoms with E-state index in [1.807, 2.05) is 30.3 Å². The maximum absolute atomic E-state index is 13.3. The fraction of sp³-hybridized carbons (Fsp3) is 0. The lowest BCUT2D eigenvalue weighted by molar-refractivity contribution is 0.622. The molecule has 0 aliphatic carbocycles.